The van der Waals surface area contributed by atoms with Gasteiger partial charge in [-0.25, -0.2) is 0 Å². The molecule has 9 N–H and O–H groups in total. The van der Waals surface area contributed by atoms with Gasteiger partial charge in [0.2, 0.25) is 5.91 Å². The molecule has 12 atom stereocenters. The van der Waals surface area contributed by atoms with Gasteiger partial charge >= 0.3 is 0 Å². The van der Waals surface area contributed by atoms with Gasteiger partial charge in [-0.2, -0.15) is 0 Å². The minimum absolute atomic E-state index is 0.249. The van der Waals surface area contributed by atoms with Crippen molar-refractivity contribution in [3.8, 4) is 0 Å². The van der Waals surface area contributed by atoms with Gasteiger partial charge < -0.3 is 65.1 Å². The van der Waals surface area contributed by atoms with Crippen LogP contribution in [0.4, 0.5) is 0 Å². The number of aliphatic hydroxyl groups excluding tert-OH is 8. The quantitative estimate of drug-likeness (QED) is 0.0250. The smallest absolute Gasteiger partial charge is 0.220 e. The second-order valence-corrected chi connectivity index (χ2v) is 17.9. The molecule has 0 radical (unpaired) electrons. The molecule has 2 rings (SSSR count). The van der Waals surface area contributed by atoms with Gasteiger partial charge in [0.15, 0.2) is 12.6 Å². The number of rotatable bonds is 38. The van der Waals surface area contributed by atoms with Gasteiger partial charge in [-0.05, 0) is 32.1 Å². The predicted octanol–water partition coefficient (Wildman–Crippen LogP) is 6.16. The van der Waals surface area contributed by atoms with E-state index in [1.54, 1.807) is 6.08 Å². The van der Waals surface area contributed by atoms with Crippen LogP contribution in [0.2, 0.25) is 0 Å². The molecular formula is C49H91NO13. The second-order valence-electron chi connectivity index (χ2n) is 17.9. The molecule has 63 heavy (non-hydrogen) atoms. The lowest BCUT2D eigenvalue weighted by Gasteiger charge is -2.46. The molecule has 2 aliphatic heterocycles. The topological polar surface area (TPSA) is 228 Å². The number of nitrogens with one attached hydrogen (secondary N) is 1. The number of hydrogen-bond acceptors (Lipinski definition) is 13. The van der Waals surface area contributed by atoms with E-state index in [-0.39, 0.29) is 18.9 Å². The zero-order valence-electron chi connectivity index (χ0n) is 39.1. The number of hydrogen-bond donors (Lipinski definition) is 9. The summed E-state index contributed by atoms with van der Waals surface area (Å²) in [6.45, 7) is 2.76. The van der Waals surface area contributed by atoms with E-state index < -0.39 is 86.8 Å². The van der Waals surface area contributed by atoms with E-state index in [0.717, 1.165) is 32.1 Å². The highest BCUT2D eigenvalue weighted by Gasteiger charge is 2.51. The van der Waals surface area contributed by atoms with Crippen LogP contribution in [0, 0.1) is 0 Å². The molecular weight excluding hydrogens is 811 g/mol. The van der Waals surface area contributed by atoms with Crippen molar-refractivity contribution in [3.63, 3.8) is 0 Å². The average Bonchev–Trinajstić information content (AvgIpc) is 3.28. The Labute approximate surface area is 379 Å². The lowest BCUT2D eigenvalue weighted by Crippen LogP contribution is -2.65. The number of carbonyl (C=O) groups is 1. The van der Waals surface area contributed by atoms with Crippen molar-refractivity contribution in [2.75, 3.05) is 19.8 Å². The van der Waals surface area contributed by atoms with Crippen LogP contribution < -0.4 is 5.32 Å². The highest BCUT2D eigenvalue weighted by molar-refractivity contribution is 5.76. The SMILES string of the molecule is CCCCCCCCCCC/C=C/CC/C=C/C(O)C(COC1OC(CO)C(OC2OC(CO)C(O)C(O)C2O)C(O)C1O)NC(=O)CCCCCCCCCCCCCCCC. The van der Waals surface area contributed by atoms with Gasteiger partial charge in [-0.3, -0.25) is 4.79 Å². The lowest BCUT2D eigenvalue weighted by atomic mass is 9.97. The first kappa shape index (κ1) is 57.6. The van der Waals surface area contributed by atoms with Gasteiger partial charge in [0.25, 0.3) is 0 Å². The number of amides is 1. The predicted molar refractivity (Wildman–Crippen MR) is 245 cm³/mol. The Morgan fingerprint density at radius 1 is 0.556 bits per heavy atom. The van der Waals surface area contributed by atoms with Gasteiger partial charge in [0.1, 0.15) is 48.8 Å². The van der Waals surface area contributed by atoms with Crippen molar-refractivity contribution in [1.82, 2.24) is 5.32 Å². The Bertz CT molecular complexity index is 1160. The fourth-order valence-corrected chi connectivity index (χ4v) is 8.25. The van der Waals surface area contributed by atoms with Crippen LogP contribution in [-0.2, 0) is 23.7 Å². The van der Waals surface area contributed by atoms with E-state index in [1.807, 2.05) is 6.08 Å². The third kappa shape index (κ3) is 24.2. The van der Waals surface area contributed by atoms with Crippen LogP contribution in [0.15, 0.2) is 24.3 Å². The molecule has 0 spiro atoms. The Kier molecular flexibility index (Phi) is 33.4. The molecule has 0 bridgehead atoms. The minimum atomic E-state index is -1.79. The Morgan fingerprint density at radius 2 is 1.02 bits per heavy atom. The molecule has 14 heteroatoms. The summed E-state index contributed by atoms with van der Waals surface area (Å²) < 4.78 is 22.7. The van der Waals surface area contributed by atoms with Crippen LogP contribution in [0.3, 0.4) is 0 Å². The van der Waals surface area contributed by atoms with E-state index in [1.165, 1.54) is 122 Å². The fraction of sp³-hybridized carbons (Fsp3) is 0.898. The van der Waals surface area contributed by atoms with E-state index in [4.69, 9.17) is 18.9 Å². The molecule has 370 valence electrons. The molecule has 2 saturated heterocycles. The van der Waals surface area contributed by atoms with Crippen molar-refractivity contribution in [2.24, 2.45) is 0 Å². The maximum atomic E-state index is 13.1. The largest absolute Gasteiger partial charge is 0.394 e. The molecule has 2 fully saturated rings. The summed E-state index contributed by atoms with van der Waals surface area (Å²) in [6.07, 6.45) is 22.2. The highest BCUT2D eigenvalue weighted by Crippen LogP contribution is 2.30. The molecule has 0 saturated carbocycles. The first-order valence-electron chi connectivity index (χ1n) is 25.1. The normalized spacial score (nSPS) is 27.7. The second kappa shape index (κ2) is 36.6. The van der Waals surface area contributed by atoms with Crippen LogP contribution in [-0.4, -0.2) is 140 Å². The number of aliphatic hydroxyl groups is 8. The summed E-state index contributed by atoms with van der Waals surface area (Å²) in [5.41, 5.74) is 0. The summed E-state index contributed by atoms with van der Waals surface area (Å²) in [4.78, 5) is 13.1. The van der Waals surface area contributed by atoms with Crippen molar-refractivity contribution in [1.29, 1.82) is 0 Å². The summed E-state index contributed by atoms with van der Waals surface area (Å²) >= 11 is 0. The maximum absolute atomic E-state index is 13.1. The zero-order valence-corrected chi connectivity index (χ0v) is 39.1. The first-order chi connectivity index (χ1) is 30.6. The Hall–Kier alpha value is -1.53. The molecule has 0 aromatic rings. The summed E-state index contributed by atoms with van der Waals surface area (Å²) in [7, 11) is 0. The van der Waals surface area contributed by atoms with E-state index in [2.05, 4.69) is 31.3 Å². The van der Waals surface area contributed by atoms with Gasteiger partial charge in [0, 0.05) is 6.42 Å². The molecule has 2 aliphatic rings. The van der Waals surface area contributed by atoms with Crippen molar-refractivity contribution >= 4 is 5.91 Å². The molecule has 0 aromatic carbocycles. The van der Waals surface area contributed by atoms with E-state index >= 15 is 0 Å². The van der Waals surface area contributed by atoms with Crippen LogP contribution in [0.25, 0.3) is 0 Å². The summed E-state index contributed by atoms with van der Waals surface area (Å²) in [6, 6.07) is -0.925. The third-order valence-electron chi connectivity index (χ3n) is 12.4. The molecule has 14 nitrogen and oxygen atoms in total. The molecule has 2 heterocycles. The van der Waals surface area contributed by atoms with Crippen LogP contribution in [0.1, 0.15) is 187 Å². The number of carbonyl (C=O) groups excluding carboxylic acids is 1. The van der Waals surface area contributed by atoms with Crippen LogP contribution >= 0.6 is 0 Å². The van der Waals surface area contributed by atoms with Crippen molar-refractivity contribution < 1.29 is 64.6 Å². The van der Waals surface area contributed by atoms with Crippen molar-refractivity contribution in [2.45, 2.75) is 261 Å². The standard InChI is InChI=1S/C49H91NO13/c1-3-5-7-9-11-13-15-17-19-20-22-24-26-28-30-32-38(53)37(50-41(54)33-31-29-27-25-23-21-18-16-14-12-10-8-6-4-2)36-60-48-46(59)44(57)47(40(35-52)62-48)63-49-45(58)43(56)42(55)39(34-51)61-49/h22,24,30,32,37-40,42-49,51-53,55-59H,3-21,23,25-29,31,33-36H2,1-2H3,(H,50,54)/b24-22+,32-30+. The lowest BCUT2D eigenvalue weighted by molar-refractivity contribution is -0.359. The monoisotopic (exact) mass is 902 g/mol. The number of ether oxygens (including phenoxy) is 4. The molecule has 1 amide bonds. The molecule has 12 unspecified atom stereocenters. The first-order valence-corrected chi connectivity index (χ1v) is 25.1. The zero-order chi connectivity index (χ0) is 46.1. The van der Waals surface area contributed by atoms with E-state index in [9.17, 15) is 45.6 Å². The maximum Gasteiger partial charge on any atom is 0.220 e. The minimum Gasteiger partial charge on any atom is -0.394 e. The van der Waals surface area contributed by atoms with Crippen LogP contribution in [0.5, 0.6) is 0 Å². The highest BCUT2D eigenvalue weighted by atomic mass is 16.7. The van der Waals surface area contributed by atoms with Gasteiger partial charge in [-0.1, -0.05) is 173 Å². The summed E-state index contributed by atoms with van der Waals surface area (Å²) in [5.74, 6) is -0.249. The third-order valence-corrected chi connectivity index (χ3v) is 12.4. The average molecular weight is 902 g/mol. The number of allylic oxidation sites excluding steroid dienone is 3. The van der Waals surface area contributed by atoms with Gasteiger partial charge in [0.05, 0.1) is 32.0 Å². The molecule has 0 aromatic heterocycles. The number of unbranched alkanes of at least 4 members (excludes halogenated alkanes) is 23. The Morgan fingerprint density at radius 3 is 1.56 bits per heavy atom. The Balaban J connectivity index is 1.88. The summed E-state index contributed by atoms with van der Waals surface area (Å²) in [5, 5.41) is 86.6. The van der Waals surface area contributed by atoms with Crippen molar-refractivity contribution in [3.05, 3.63) is 24.3 Å². The fourth-order valence-electron chi connectivity index (χ4n) is 8.25. The van der Waals surface area contributed by atoms with Gasteiger partial charge in [-0.15, -0.1) is 0 Å². The van der Waals surface area contributed by atoms with E-state index in [0.29, 0.717) is 12.8 Å². The molecule has 0 aliphatic carbocycles.